The van der Waals surface area contributed by atoms with E-state index in [1.165, 1.54) is 42.6 Å². The van der Waals surface area contributed by atoms with Gasteiger partial charge in [-0.3, -0.25) is 0 Å². The topological polar surface area (TPSA) is 24.5 Å². The SMILES string of the molecule is COCCNCc1ccc(N2CC3CCC2C3)c(C)c1. The zero-order valence-electron chi connectivity index (χ0n) is 12.7. The van der Waals surface area contributed by atoms with Crippen molar-refractivity contribution in [2.75, 3.05) is 31.7 Å². The summed E-state index contributed by atoms with van der Waals surface area (Å²) in [6.45, 7) is 6.13. The summed E-state index contributed by atoms with van der Waals surface area (Å²) in [6.07, 6.45) is 4.26. The number of methoxy groups -OCH3 is 1. The minimum absolute atomic E-state index is 0.772. The summed E-state index contributed by atoms with van der Waals surface area (Å²) < 4.78 is 5.05. The molecule has 3 heteroatoms. The lowest BCUT2D eigenvalue weighted by molar-refractivity contribution is 0.199. The molecule has 1 aliphatic heterocycles. The maximum atomic E-state index is 5.05. The largest absolute Gasteiger partial charge is 0.383 e. The van der Waals surface area contributed by atoms with Gasteiger partial charge in [-0.25, -0.2) is 0 Å². The van der Waals surface area contributed by atoms with Gasteiger partial charge in [0, 0.05) is 38.5 Å². The Balaban J connectivity index is 1.62. The summed E-state index contributed by atoms with van der Waals surface area (Å²) in [4.78, 5) is 2.64. The van der Waals surface area contributed by atoms with E-state index in [-0.39, 0.29) is 0 Å². The standard InChI is InChI=1S/C17H26N2O/c1-13-9-14(11-18-7-8-20-2)4-6-17(13)19-12-15-3-5-16(19)10-15/h4,6,9,15-16,18H,3,5,7-8,10-12H2,1-2H3. The smallest absolute Gasteiger partial charge is 0.0587 e. The third-order valence-corrected chi connectivity index (χ3v) is 4.79. The molecule has 1 aromatic carbocycles. The van der Waals surface area contributed by atoms with Gasteiger partial charge in [0.25, 0.3) is 0 Å². The van der Waals surface area contributed by atoms with Crippen LogP contribution in [0.4, 0.5) is 5.69 Å². The van der Waals surface area contributed by atoms with Crippen molar-refractivity contribution in [2.24, 2.45) is 5.92 Å². The molecule has 0 aromatic heterocycles. The van der Waals surface area contributed by atoms with Crippen LogP contribution in [0.3, 0.4) is 0 Å². The van der Waals surface area contributed by atoms with Crippen LogP contribution in [-0.2, 0) is 11.3 Å². The molecule has 20 heavy (non-hydrogen) atoms. The van der Waals surface area contributed by atoms with Crippen molar-refractivity contribution in [1.82, 2.24) is 5.32 Å². The number of ether oxygens (including phenoxy) is 1. The normalized spacial score (nSPS) is 24.6. The molecule has 2 bridgehead atoms. The molecular formula is C17H26N2O. The van der Waals surface area contributed by atoms with Gasteiger partial charge in [0.05, 0.1) is 6.61 Å². The fraction of sp³-hybridized carbons (Fsp3) is 0.647. The van der Waals surface area contributed by atoms with Crippen LogP contribution in [0, 0.1) is 12.8 Å². The quantitative estimate of drug-likeness (QED) is 0.807. The van der Waals surface area contributed by atoms with Gasteiger partial charge in [-0.15, -0.1) is 0 Å². The van der Waals surface area contributed by atoms with E-state index in [1.54, 1.807) is 7.11 Å². The van der Waals surface area contributed by atoms with Gasteiger partial charge in [0.2, 0.25) is 0 Å². The summed E-state index contributed by atoms with van der Waals surface area (Å²) in [5.41, 5.74) is 4.24. The van der Waals surface area contributed by atoms with Crippen LogP contribution in [0.25, 0.3) is 0 Å². The molecule has 2 atom stereocenters. The van der Waals surface area contributed by atoms with E-state index in [9.17, 15) is 0 Å². The molecule has 3 nitrogen and oxygen atoms in total. The third kappa shape index (κ3) is 2.84. The van der Waals surface area contributed by atoms with Crippen molar-refractivity contribution < 1.29 is 4.74 Å². The zero-order valence-corrected chi connectivity index (χ0v) is 12.7. The highest BCUT2D eigenvalue weighted by Crippen LogP contribution is 2.41. The van der Waals surface area contributed by atoms with Gasteiger partial charge < -0.3 is 15.0 Å². The first-order valence-electron chi connectivity index (χ1n) is 7.83. The van der Waals surface area contributed by atoms with Gasteiger partial charge in [-0.05, 0) is 49.3 Å². The molecule has 2 unspecified atom stereocenters. The molecule has 3 rings (SSSR count). The number of rotatable bonds is 6. The average molecular weight is 274 g/mol. The first kappa shape index (κ1) is 13.9. The third-order valence-electron chi connectivity index (χ3n) is 4.79. The van der Waals surface area contributed by atoms with Crippen LogP contribution in [0.2, 0.25) is 0 Å². The molecular weight excluding hydrogens is 248 g/mol. The van der Waals surface area contributed by atoms with E-state index in [0.29, 0.717) is 0 Å². The van der Waals surface area contributed by atoms with E-state index in [4.69, 9.17) is 4.74 Å². The highest BCUT2D eigenvalue weighted by atomic mass is 16.5. The summed E-state index contributed by atoms with van der Waals surface area (Å²) >= 11 is 0. The monoisotopic (exact) mass is 274 g/mol. The number of nitrogens with zero attached hydrogens (tertiary/aromatic N) is 1. The van der Waals surface area contributed by atoms with E-state index in [0.717, 1.165) is 31.7 Å². The van der Waals surface area contributed by atoms with E-state index in [2.05, 4.69) is 35.3 Å². The Morgan fingerprint density at radius 2 is 2.25 bits per heavy atom. The Hall–Kier alpha value is -1.06. The van der Waals surface area contributed by atoms with Crippen molar-refractivity contribution in [3.63, 3.8) is 0 Å². The number of benzene rings is 1. The Labute approximate surface area is 122 Å². The molecule has 0 amide bonds. The molecule has 1 heterocycles. The minimum Gasteiger partial charge on any atom is -0.383 e. The van der Waals surface area contributed by atoms with Gasteiger partial charge >= 0.3 is 0 Å². The molecule has 0 spiro atoms. The Morgan fingerprint density at radius 1 is 1.35 bits per heavy atom. The number of fused-ring (bicyclic) bond motifs is 2. The second-order valence-corrected chi connectivity index (χ2v) is 6.28. The van der Waals surface area contributed by atoms with E-state index < -0.39 is 0 Å². The molecule has 0 radical (unpaired) electrons. The molecule has 1 N–H and O–H groups in total. The van der Waals surface area contributed by atoms with Crippen LogP contribution in [0.1, 0.15) is 30.4 Å². The molecule has 1 aliphatic carbocycles. The van der Waals surface area contributed by atoms with Crippen LogP contribution in [0.5, 0.6) is 0 Å². The fourth-order valence-electron chi connectivity index (χ4n) is 3.78. The minimum atomic E-state index is 0.772. The van der Waals surface area contributed by atoms with E-state index in [1.807, 2.05) is 0 Å². The van der Waals surface area contributed by atoms with Crippen LogP contribution >= 0.6 is 0 Å². The summed E-state index contributed by atoms with van der Waals surface area (Å²) in [6, 6.07) is 7.74. The van der Waals surface area contributed by atoms with E-state index >= 15 is 0 Å². The van der Waals surface area contributed by atoms with Crippen LogP contribution in [-0.4, -0.2) is 32.8 Å². The predicted molar refractivity (Wildman–Crippen MR) is 83.2 cm³/mol. The number of hydrogen-bond acceptors (Lipinski definition) is 3. The number of anilines is 1. The lowest BCUT2D eigenvalue weighted by Crippen LogP contribution is -2.32. The van der Waals surface area contributed by atoms with Crippen molar-refractivity contribution in [2.45, 2.75) is 38.8 Å². The molecule has 2 aliphatic rings. The Kier molecular flexibility index (Phi) is 4.27. The highest BCUT2D eigenvalue weighted by Gasteiger charge is 2.38. The van der Waals surface area contributed by atoms with Gasteiger partial charge in [0.1, 0.15) is 0 Å². The van der Waals surface area contributed by atoms with Crippen molar-refractivity contribution >= 4 is 5.69 Å². The lowest BCUT2D eigenvalue weighted by atomic mass is 10.1. The van der Waals surface area contributed by atoms with Gasteiger partial charge in [-0.2, -0.15) is 0 Å². The summed E-state index contributed by atoms with van der Waals surface area (Å²) in [5, 5.41) is 3.41. The Morgan fingerprint density at radius 3 is 2.90 bits per heavy atom. The predicted octanol–water partition coefficient (Wildman–Crippen LogP) is 2.72. The number of piperidine rings is 1. The number of aryl methyl sites for hydroxylation is 1. The van der Waals surface area contributed by atoms with Crippen molar-refractivity contribution in [1.29, 1.82) is 0 Å². The second kappa shape index (κ2) is 6.15. The fourth-order valence-corrected chi connectivity index (χ4v) is 3.78. The van der Waals surface area contributed by atoms with Crippen LogP contribution < -0.4 is 10.2 Å². The molecule has 1 saturated carbocycles. The zero-order chi connectivity index (χ0) is 13.9. The molecule has 1 aromatic rings. The first-order chi connectivity index (χ1) is 9.78. The molecule has 110 valence electrons. The summed E-state index contributed by atoms with van der Waals surface area (Å²) in [5.74, 6) is 0.954. The Bertz CT molecular complexity index is 460. The average Bonchev–Trinajstić information content (AvgIpc) is 3.06. The van der Waals surface area contributed by atoms with Crippen molar-refractivity contribution in [3.8, 4) is 0 Å². The van der Waals surface area contributed by atoms with Crippen molar-refractivity contribution in [3.05, 3.63) is 29.3 Å². The van der Waals surface area contributed by atoms with Crippen LogP contribution in [0.15, 0.2) is 18.2 Å². The first-order valence-corrected chi connectivity index (χ1v) is 7.83. The highest BCUT2D eigenvalue weighted by molar-refractivity contribution is 5.56. The maximum Gasteiger partial charge on any atom is 0.0587 e. The maximum absolute atomic E-state index is 5.05. The molecule has 1 saturated heterocycles. The van der Waals surface area contributed by atoms with Gasteiger partial charge in [0.15, 0.2) is 0 Å². The number of nitrogens with one attached hydrogen (secondary N) is 1. The summed E-state index contributed by atoms with van der Waals surface area (Å²) in [7, 11) is 1.74. The van der Waals surface area contributed by atoms with Gasteiger partial charge in [-0.1, -0.05) is 12.1 Å². The number of hydrogen-bond donors (Lipinski definition) is 1. The lowest BCUT2D eigenvalue weighted by Gasteiger charge is -2.30. The second-order valence-electron chi connectivity index (χ2n) is 6.28. The molecule has 2 fully saturated rings.